The van der Waals surface area contributed by atoms with Gasteiger partial charge >= 0.3 is 12.0 Å². The van der Waals surface area contributed by atoms with E-state index in [1.807, 2.05) is 24.6 Å². The molecule has 1 unspecified atom stereocenters. The van der Waals surface area contributed by atoms with Gasteiger partial charge in [-0.25, -0.2) is 0 Å². The van der Waals surface area contributed by atoms with Crippen LogP contribution in [0.1, 0.15) is 24.9 Å². The van der Waals surface area contributed by atoms with Crippen molar-refractivity contribution in [1.82, 2.24) is 24.3 Å². The van der Waals surface area contributed by atoms with E-state index in [2.05, 4.69) is 55.9 Å². The van der Waals surface area contributed by atoms with Crippen molar-refractivity contribution in [1.29, 1.82) is 0 Å². The van der Waals surface area contributed by atoms with Crippen LogP contribution in [0.4, 0.5) is 16.7 Å². The number of aromatic nitrogens is 3. The summed E-state index contributed by atoms with van der Waals surface area (Å²) in [7, 11) is 3.35. The first-order chi connectivity index (χ1) is 15.8. The van der Waals surface area contributed by atoms with Gasteiger partial charge in [-0.3, -0.25) is 4.90 Å². The molecule has 4 rings (SSSR count). The van der Waals surface area contributed by atoms with Crippen molar-refractivity contribution in [3.63, 3.8) is 0 Å². The van der Waals surface area contributed by atoms with Gasteiger partial charge in [-0.05, 0) is 49.1 Å². The zero-order valence-electron chi connectivity index (χ0n) is 19.2. The van der Waals surface area contributed by atoms with Crippen LogP contribution in [-0.2, 0) is 4.74 Å². The zero-order valence-corrected chi connectivity index (χ0v) is 19.9. The Hall–Kier alpha value is -2.81. The third-order valence-electron chi connectivity index (χ3n) is 6.02. The first-order valence-electron chi connectivity index (χ1n) is 11.1. The van der Waals surface area contributed by atoms with Gasteiger partial charge in [0.15, 0.2) is 0 Å². The highest BCUT2D eigenvalue weighted by Gasteiger charge is 2.37. The summed E-state index contributed by atoms with van der Waals surface area (Å²) in [5.74, 6) is 1.22. The van der Waals surface area contributed by atoms with Gasteiger partial charge in [-0.15, -0.1) is 9.97 Å². The molecule has 173 valence electrons. The fraction of sp³-hybridized carbons (Fsp3) is 0.375. The first kappa shape index (κ1) is 23.4. The molecule has 0 bridgehead atoms. The van der Waals surface area contributed by atoms with Crippen molar-refractivity contribution in [2.75, 3.05) is 45.2 Å². The normalized spacial score (nSPS) is 18.1. The Morgan fingerprint density at radius 2 is 1.82 bits per heavy atom. The molecule has 1 aliphatic carbocycles. The Labute approximate surface area is 199 Å². The van der Waals surface area contributed by atoms with E-state index in [0.717, 1.165) is 32.6 Å². The lowest BCUT2D eigenvalue weighted by Gasteiger charge is -2.38. The average molecular weight is 469 g/mol. The molecule has 33 heavy (non-hydrogen) atoms. The number of hydrogen-bond donors (Lipinski definition) is 0. The minimum absolute atomic E-state index is 0.0560. The van der Waals surface area contributed by atoms with Crippen LogP contribution in [0.5, 0.6) is 0 Å². The maximum atomic E-state index is 12.9. The summed E-state index contributed by atoms with van der Waals surface area (Å²) >= 11 is 6.24. The van der Waals surface area contributed by atoms with E-state index in [1.54, 1.807) is 20.2 Å². The van der Waals surface area contributed by atoms with Crippen molar-refractivity contribution >= 4 is 29.6 Å². The molecule has 1 aliphatic heterocycles. The van der Waals surface area contributed by atoms with Gasteiger partial charge in [0.2, 0.25) is 11.2 Å². The third kappa shape index (κ3) is 5.40. The molecule has 2 aromatic rings. The van der Waals surface area contributed by atoms with Crippen molar-refractivity contribution in [2.24, 2.45) is 0 Å². The van der Waals surface area contributed by atoms with Gasteiger partial charge in [0.25, 0.3) is 0 Å². The number of rotatable bonds is 5. The van der Waals surface area contributed by atoms with E-state index in [-0.39, 0.29) is 15.7 Å². The number of anilines is 1. The molecule has 9 heteroatoms. The monoisotopic (exact) mass is 468 g/mol. The molecule has 2 heterocycles. The summed E-state index contributed by atoms with van der Waals surface area (Å²) in [6, 6.07) is 10.8. The van der Waals surface area contributed by atoms with E-state index in [0.29, 0.717) is 17.7 Å². The van der Waals surface area contributed by atoms with Crippen LogP contribution in [-0.4, -0.2) is 66.2 Å². The van der Waals surface area contributed by atoms with Crippen LogP contribution in [0.15, 0.2) is 54.3 Å². The Balaban J connectivity index is 1.45. The highest BCUT2D eigenvalue weighted by Crippen LogP contribution is 2.25. The van der Waals surface area contributed by atoms with Gasteiger partial charge in [0.1, 0.15) is 5.76 Å². The fourth-order valence-corrected chi connectivity index (χ4v) is 3.99. The Morgan fingerprint density at radius 3 is 2.48 bits per heavy atom. The van der Waals surface area contributed by atoms with E-state index in [4.69, 9.17) is 16.3 Å². The molecule has 1 aromatic heterocycles. The summed E-state index contributed by atoms with van der Waals surface area (Å²) in [4.78, 5) is 30.6. The maximum absolute atomic E-state index is 12.9. The van der Waals surface area contributed by atoms with Crippen LogP contribution in [0, 0.1) is 6.42 Å². The Kier molecular flexibility index (Phi) is 7.07. The number of carbonyl (C=O) groups is 1. The lowest BCUT2D eigenvalue weighted by Crippen LogP contribution is -2.50. The molecule has 0 saturated carbocycles. The highest BCUT2D eigenvalue weighted by molar-refractivity contribution is 6.28. The molecule has 2 aliphatic rings. The molecule has 1 amide bonds. The minimum Gasteiger partial charge on any atom is -0.381 e. The van der Waals surface area contributed by atoms with E-state index >= 15 is 0 Å². The molecule has 1 saturated heterocycles. The minimum atomic E-state index is -0.498. The topological polar surface area (TPSA) is 71.5 Å². The van der Waals surface area contributed by atoms with Crippen LogP contribution < -0.4 is 9.38 Å². The van der Waals surface area contributed by atoms with E-state index in [9.17, 15) is 4.79 Å². The van der Waals surface area contributed by atoms with Gasteiger partial charge in [0.05, 0.1) is 14.1 Å². The van der Waals surface area contributed by atoms with Gasteiger partial charge in [-0.2, -0.15) is 14.3 Å². The quantitative estimate of drug-likeness (QED) is 0.610. The molecule has 0 N–H and O–H groups in total. The van der Waals surface area contributed by atoms with Crippen LogP contribution in [0.2, 0.25) is 5.28 Å². The molecular formula is C24H29ClN6O2+. The lowest BCUT2D eigenvalue weighted by atomic mass is 10.1. The molecule has 1 fully saturated rings. The second-order valence-corrected chi connectivity index (χ2v) is 8.91. The van der Waals surface area contributed by atoms with Gasteiger partial charge in [0, 0.05) is 32.2 Å². The average Bonchev–Trinajstić information content (AvgIpc) is 2.84. The predicted molar refractivity (Wildman–Crippen MR) is 130 cm³/mol. The number of amides is 1. The van der Waals surface area contributed by atoms with Crippen molar-refractivity contribution in [3.8, 4) is 0 Å². The van der Waals surface area contributed by atoms with Crippen LogP contribution in [0.25, 0.3) is 0 Å². The first-order valence-corrected chi connectivity index (χ1v) is 11.4. The predicted octanol–water partition coefficient (Wildman–Crippen LogP) is 4.16. The second kappa shape index (κ2) is 9.99. The molecule has 0 spiro atoms. The largest absolute Gasteiger partial charge is 0.528 e. The van der Waals surface area contributed by atoms with E-state index < -0.39 is 6.09 Å². The maximum Gasteiger partial charge on any atom is 0.528 e. The number of benzene rings is 1. The van der Waals surface area contributed by atoms with Gasteiger partial charge in [-0.1, -0.05) is 36.4 Å². The summed E-state index contributed by atoms with van der Waals surface area (Å²) in [5.41, 5.74) is 1.30. The number of piperazine rings is 1. The molecule has 8 nitrogen and oxygen atoms in total. The van der Waals surface area contributed by atoms with Crippen molar-refractivity contribution in [2.45, 2.75) is 19.4 Å². The standard InChI is InChI=1S/C24H29ClN6O2/c1-18(19-10-6-4-7-11-19)29-14-16-30(17-15-29)22-26-21(25)27-23(28-22)31(2,3)24(32)33-20-12-8-5-9-13-20/h4-8,10-13,18H,9,14-17H2,1-3H3/q+1. The molecule has 1 atom stereocenters. The van der Waals surface area contributed by atoms with Crippen LogP contribution >= 0.6 is 11.6 Å². The Bertz CT molecular complexity index is 1050. The highest BCUT2D eigenvalue weighted by atomic mass is 35.5. The number of nitrogens with zero attached hydrogens (tertiary/aromatic N) is 6. The Morgan fingerprint density at radius 1 is 1.09 bits per heavy atom. The summed E-state index contributed by atoms with van der Waals surface area (Å²) in [6.45, 7) is 5.47. The molecule has 1 aromatic carbocycles. The summed E-state index contributed by atoms with van der Waals surface area (Å²) < 4.78 is 5.23. The molecular weight excluding hydrogens is 440 g/mol. The zero-order chi connectivity index (χ0) is 23.4. The number of quaternary nitrogens is 1. The number of allylic oxidation sites excluding steroid dienone is 3. The number of ether oxygens (including phenoxy) is 1. The lowest BCUT2D eigenvalue weighted by molar-refractivity contribution is 0.147. The van der Waals surface area contributed by atoms with Crippen molar-refractivity contribution < 1.29 is 9.53 Å². The second-order valence-electron chi connectivity index (χ2n) is 8.57. The third-order valence-corrected chi connectivity index (χ3v) is 6.19. The van der Waals surface area contributed by atoms with Gasteiger partial charge < -0.3 is 9.64 Å². The number of hydrogen-bond acceptors (Lipinski definition) is 7. The van der Waals surface area contributed by atoms with E-state index in [1.165, 1.54) is 5.56 Å². The number of halogens is 1. The number of carbonyl (C=O) groups excluding carboxylic acids is 1. The summed E-state index contributed by atoms with van der Waals surface area (Å²) in [5, 5.41) is 0.0560. The van der Waals surface area contributed by atoms with Crippen LogP contribution in [0.3, 0.4) is 0 Å². The van der Waals surface area contributed by atoms with Crippen molar-refractivity contribution in [3.05, 3.63) is 71.6 Å². The SMILES string of the molecule is CC(c1ccccc1)N1CCN(c2nc(Cl)nc([N+](C)(C)C(=O)OC3=CC[CH]C=C3)n2)CC1. The molecule has 1 radical (unpaired) electrons. The summed E-state index contributed by atoms with van der Waals surface area (Å²) in [6.07, 6.45) is 7.67. The smallest absolute Gasteiger partial charge is 0.381 e. The fourth-order valence-electron chi connectivity index (χ4n) is 3.84.